The molecule has 2 aliphatic rings. The SMILES string of the molecule is CC[C@H](C)[C@@H](NC(=O)[C@@H](CC(N)=O)NC(=O)[C@@H](CC(N)=O)NC(=O)[C@H](N)CCCNC(N)=O)C(=O)N1C[C@@H](n2cc([C]3[CH][CH][CH][CH]3)nn2)C[C@H]1C(=O)N[C@@H](Cc1csc2ccccc12)C(=O)N[C@H](CO)C(N)=O. The van der Waals surface area contributed by atoms with Crippen molar-refractivity contribution in [3.63, 3.8) is 0 Å². The highest BCUT2D eigenvalue weighted by Gasteiger charge is 2.46. The van der Waals surface area contributed by atoms with Crippen LogP contribution in [0.2, 0.25) is 0 Å². The van der Waals surface area contributed by atoms with Gasteiger partial charge in [0.15, 0.2) is 0 Å². The molecule has 2 aromatic heterocycles. The number of carbonyl (C=O) groups is 10. The van der Waals surface area contributed by atoms with Gasteiger partial charge in [-0.1, -0.05) is 43.7 Å². The number of carbonyl (C=O) groups excluding carboxylic acids is 10. The van der Waals surface area contributed by atoms with Crippen LogP contribution in [0, 0.1) is 37.5 Å². The van der Waals surface area contributed by atoms with Gasteiger partial charge in [0.25, 0.3) is 0 Å². The Labute approximate surface area is 424 Å². The van der Waals surface area contributed by atoms with Gasteiger partial charge in [0.05, 0.1) is 37.2 Å². The highest BCUT2D eigenvalue weighted by molar-refractivity contribution is 7.17. The zero-order valence-corrected chi connectivity index (χ0v) is 41.0. The van der Waals surface area contributed by atoms with Crippen LogP contribution in [-0.2, 0) is 49.6 Å². The molecule has 2 fully saturated rings. The molecule has 9 atom stereocenters. The molecule has 26 nitrogen and oxygen atoms in total. The van der Waals surface area contributed by atoms with Crippen LogP contribution >= 0.6 is 11.3 Å². The van der Waals surface area contributed by atoms with Gasteiger partial charge in [-0.25, -0.2) is 9.48 Å². The molecule has 0 bridgehead atoms. The lowest BCUT2D eigenvalue weighted by Crippen LogP contribution is -2.61. The first-order valence-corrected chi connectivity index (χ1v) is 24.3. The Morgan fingerprint density at radius 3 is 2.05 bits per heavy atom. The molecule has 73 heavy (non-hydrogen) atoms. The number of nitrogens with one attached hydrogen (secondary N) is 6. The quantitative estimate of drug-likeness (QED) is 0.0325. The van der Waals surface area contributed by atoms with Crippen LogP contribution < -0.4 is 60.6 Å². The van der Waals surface area contributed by atoms with Crippen molar-refractivity contribution in [2.24, 2.45) is 34.6 Å². The summed E-state index contributed by atoms with van der Waals surface area (Å²) in [5.41, 5.74) is 28.5. The number of rotatable bonds is 27. The molecule has 393 valence electrons. The maximum absolute atomic E-state index is 15.1. The molecule has 27 heteroatoms. The molecular formula is C46H62N15O11S. The van der Waals surface area contributed by atoms with Gasteiger partial charge in [-0.2, -0.15) is 0 Å². The van der Waals surface area contributed by atoms with E-state index in [1.807, 2.05) is 55.3 Å². The number of nitrogens with zero attached hydrogens (tertiary/aromatic N) is 4. The molecule has 5 radical (unpaired) electrons. The number of amides is 11. The van der Waals surface area contributed by atoms with Crippen LogP contribution in [0.5, 0.6) is 0 Å². The number of nitrogens with two attached hydrogens (primary N) is 5. The lowest BCUT2D eigenvalue weighted by molar-refractivity contribution is -0.144. The van der Waals surface area contributed by atoms with E-state index in [2.05, 4.69) is 42.2 Å². The monoisotopic (exact) mass is 1030 g/mol. The zero-order chi connectivity index (χ0) is 53.5. The van der Waals surface area contributed by atoms with Gasteiger partial charge in [-0.15, -0.1) is 16.4 Å². The Kier molecular flexibility index (Phi) is 20.5. The fourth-order valence-corrected chi connectivity index (χ4v) is 9.12. The number of benzene rings is 1. The Morgan fingerprint density at radius 2 is 1.44 bits per heavy atom. The molecule has 11 amide bonds. The molecule has 5 rings (SSSR count). The maximum Gasteiger partial charge on any atom is 0.312 e. The summed E-state index contributed by atoms with van der Waals surface area (Å²) in [4.78, 5) is 133. The van der Waals surface area contributed by atoms with Crippen molar-refractivity contribution in [1.29, 1.82) is 0 Å². The van der Waals surface area contributed by atoms with Gasteiger partial charge in [-0.3, -0.25) is 43.2 Å². The van der Waals surface area contributed by atoms with Crippen LogP contribution in [0.4, 0.5) is 4.79 Å². The molecular weight excluding hydrogens is 971 g/mol. The molecule has 17 N–H and O–H groups in total. The van der Waals surface area contributed by atoms with Crippen molar-refractivity contribution in [1.82, 2.24) is 51.8 Å². The van der Waals surface area contributed by atoms with Gasteiger partial charge in [0, 0.05) is 42.7 Å². The maximum atomic E-state index is 15.1. The first kappa shape index (κ1) is 56.7. The van der Waals surface area contributed by atoms with Gasteiger partial charge in [-0.05, 0) is 66.8 Å². The van der Waals surface area contributed by atoms with Crippen LogP contribution in [0.25, 0.3) is 10.1 Å². The normalized spacial score (nSPS) is 18.5. The molecule has 1 aliphatic heterocycles. The van der Waals surface area contributed by atoms with Crippen LogP contribution in [0.15, 0.2) is 35.8 Å². The lowest BCUT2D eigenvalue weighted by Gasteiger charge is -2.33. The van der Waals surface area contributed by atoms with Crippen LogP contribution in [0.3, 0.4) is 0 Å². The second-order valence-corrected chi connectivity index (χ2v) is 18.6. The topological polar surface area (TPSA) is 427 Å². The molecule has 3 aromatic rings. The van der Waals surface area contributed by atoms with E-state index in [4.69, 9.17) is 28.7 Å². The third-order valence-corrected chi connectivity index (χ3v) is 13.4. The first-order chi connectivity index (χ1) is 34.7. The fourth-order valence-electron chi connectivity index (χ4n) is 8.15. The number of fused-ring (bicyclic) bond motifs is 1. The van der Waals surface area contributed by atoms with Gasteiger partial charge in [0.2, 0.25) is 53.2 Å². The number of hydrogen-bond donors (Lipinski definition) is 12. The Balaban J connectivity index is 1.43. The largest absolute Gasteiger partial charge is 0.394 e. The second-order valence-electron chi connectivity index (χ2n) is 17.7. The Morgan fingerprint density at radius 1 is 0.822 bits per heavy atom. The van der Waals surface area contributed by atoms with Crippen molar-refractivity contribution in [2.45, 2.75) is 107 Å². The minimum atomic E-state index is -1.78. The highest BCUT2D eigenvalue weighted by Crippen LogP contribution is 2.33. The highest BCUT2D eigenvalue weighted by atomic mass is 32.1. The van der Waals surface area contributed by atoms with Crippen molar-refractivity contribution in [3.05, 3.63) is 78.7 Å². The summed E-state index contributed by atoms with van der Waals surface area (Å²) >= 11 is 1.41. The first-order valence-electron chi connectivity index (χ1n) is 23.4. The summed E-state index contributed by atoms with van der Waals surface area (Å²) in [5, 5.41) is 35.8. The van der Waals surface area contributed by atoms with Gasteiger partial charge < -0.3 is 70.6 Å². The number of hydrogen-bond acceptors (Lipinski definition) is 15. The summed E-state index contributed by atoms with van der Waals surface area (Å²) in [6.07, 6.45) is 7.72. The van der Waals surface area contributed by atoms with E-state index in [0.29, 0.717) is 11.3 Å². The second kappa shape index (κ2) is 26.4. The average molecular weight is 1030 g/mol. The molecule has 1 saturated heterocycles. The number of aliphatic hydroxyl groups is 1. The molecule has 0 unspecified atom stereocenters. The Bertz CT molecular complexity index is 2500. The predicted octanol–water partition coefficient (Wildman–Crippen LogP) is -3.89. The van der Waals surface area contributed by atoms with E-state index < -0.39 is 133 Å². The third kappa shape index (κ3) is 15.6. The Hall–Kier alpha value is -7.26. The molecule has 1 aliphatic carbocycles. The summed E-state index contributed by atoms with van der Waals surface area (Å²) in [5.74, 6) is -8.55. The standard InChI is InChI=1S/C46H62N15O11S/c1-3-23(2)38(57-43(69)31(18-37(49)64)54-42(68)30(17-36(48)63)53-40(66)28(47)12-8-14-52-46(51)72)45(71)60-19-26(61-20-32(58-59-61)24-9-4-5-10-24)16-34(60)44(70)55-29(41(67)56-33(21-62)39(50)65)15-25-22-73-35-13-7-6-11-27(25)35/h4-7,9-11,13,20,22-23,26,28-31,33-34,38,62H,3,8,12,14-19,21,47H2,1-2H3,(H2,48,63)(H2,49,64)(H2,50,65)(H,53,66)(H,54,68)(H,55,70)(H,56,67)(H,57,69)(H3,51,52,72)/t23-,26-,28+,29-,30+,31+,33+,34-,38+/m0/s1. The molecule has 3 heterocycles. The van der Waals surface area contributed by atoms with Gasteiger partial charge >= 0.3 is 6.03 Å². The number of thiophene rings is 1. The number of aliphatic hydroxyl groups excluding tert-OH is 1. The van der Waals surface area contributed by atoms with Crippen molar-refractivity contribution in [2.75, 3.05) is 19.7 Å². The summed E-state index contributed by atoms with van der Waals surface area (Å²) in [6.45, 7) is 2.48. The van der Waals surface area contributed by atoms with E-state index in [1.54, 1.807) is 20.0 Å². The van der Waals surface area contributed by atoms with E-state index in [-0.39, 0.29) is 45.2 Å². The predicted molar refractivity (Wildman–Crippen MR) is 262 cm³/mol. The van der Waals surface area contributed by atoms with Crippen molar-refractivity contribution >= 4 is 80.6 Å². The average Bonchev–Trinajstić information content (AvgIpc) is 4.20. The smallest absolute Gasteiger partial charge is 0.312 e. The van der Waals surface area contributed by atoms with Crippen molar-refractivity contribution in [3.8, 4) is 0 Å². The van der Waals surface area contributed by atoms with Crippen LogP contribution in [-0.4, -0.2) is 146 Å². The number of likely N-dealkylation sites (tertiary alicyclic amines) is 1. The lowest BCUT2D eigenvalue weighted by atomic mass is 9.96. The minimum Gasteiger partial charge on any atom is -0.394 e. The van der Waals surface area contributed by atoms with E-state index >= 15 is 4.79 Å². The van der Waals surface area contributed by atoms with Gasteiger partial charge in [0.1, 0.15) is 36.3 Å². The van der Waals surface area contributed by atoms with E-state index in [9.17, 15) is 48.3 Å². The number of urea groups is 1. The summed E-state index contributed by atoms with van der Waals surface area (Å²) < 4.78 is 2.40. The third-order valence-electron chi connectivity index (χ3n) is 12.3. The summed E-state index contributed by atoms with van der Waals surface area (Å²) in [7, 11) is 0. The number of primary amides is 4. The van der Waals surface area contributed by atoms with Crippen molar-refractivity contribution < 1.29 is 53.1 Å². The van der Waals surface area contributed by atoms with Crippen LogP contribution in [0.1, 0.15) is 69.7 Å². The fraction of sp³-hybridized carbons (Fsp3) is 0.457. The zero-order valence-electron chi connectivity index (χ0n) is 40.2. The van der Waals surface area contributed by atoms with E-state index in [1.165, 1.54) is 20.9 Å². The number of aromatic nitrogens is 3. The molecule has 1 saturated carbocycles. The molecule has 0 spiro atoms. The van der Waals surface area contributed by atoms with E-state index in [0.717, 1.165) is 16.0 Å². The minimum absolute atomic E-state index is 0.0219. The molecule has 1 aromatic carbocycles. The summed E-state index contributed by atoms with van der Waals surface area (Å²) in [6, 6.07) is -4.44.